The highest BCUT2D eigenvalue weighted by Crippen LogP contribution is 2.07. The average Bonchev–Trinajstić information content (AvgIpc) is 2.33. The van der Waals surface area contributed by atoms with Crippen LogP contribution in [-0.4, -0.2) is 5.11 Å². The number of hydrogen-bond acceptors (Lipinski definition) is 3. The molecule has 3 heteroatoms. The van der Waals surface area contributed by atoms with Gasteiger partial charge in [0, 0.05) is 5.56 Å². The van der Waals surface area contributed by atoms with Crippen LogP contribution in [0.5, 0.6) is 0 Å². The summed E-state index contributed by atoms with van der Waals surface area (Å²) >= 11 is 0. The van der Waals surface area contributed by atoms with Gasteiger partial charge >= 0.3 is 0 Å². The molecule has 0 amide bonds. The Morgan fingerprint density at radius 2 is 2.56 bits per heavy atom. The summed E-state index contributed by atoms with van der Waals surface area (Å²) in [7, 11) is 0. The Bertz CT molecular complexity index is 233. The molecular formula is C6H5NO2. The fraction of sp³-hybridized carbons (Fsp3) is 0.167. The molecule has 1 heterocycles. The molecule has 9 heavy (non-hydrogen) atoms. The Labute approximate surface area is 52.1 Å². The minimum absolute atomic E-state index is 0.139. The van der Waals surface area contributed by atoms with E-state index in [1.807, 2.05) is 0 Å². The van der Waals surface area contributed by atoms with Crippen molar-refractivity contribution in [2.24, 2.45) is 0 Å². The molecule has 1 aromatic heterocycles. The third kappa shape index (κ3) is 0.929. The summed E-state index contributed by atoms with van der Waals surface area (Å²) in [6.07, 6.45) is 1.38. The van der Waals surface area contributed by atoms with E-state index in [1.165, 1.54) is 6.26 Å². The van der Waals surface area contributed by atoms with Gasteiger partial charge in [-0.05, 0) is 6.07 Å². The molecule has 1 N–H and O–H groups in total. The van der Waals surface area contributed by atoms with Crippen molar-refractivity contribution in [2.75, 3.05) is 0 Å². The van der Waals surface area contributed by atoms with E-state index >= 15 is 0 Å². The van der Waals surface area contributed by atoms with Gasteiger partial charge in [0.25, 0.3) is 0 Å². The predicted octanol–water partition coefficient (Wildman–Crippen LogP) is 0.644. The summed E-state index contributed by atoms with van der Waals surface area (Å²) < 4.78 is 4.68. The summed E-state index contributed by atoms with van der Waals surface area (Å²) in [5, 5.41) is 16.8. The van der Waals surface area contributed by atoms with Crippen molar-refractivity contribution >= 4 is 0 Å². The van der Waals surface area contributed by atoms with Crippen LogP contribution in [0.3, 0.4) is 0 Å². The zero-order chi connectivity index (χ0) is 6.69. The zero-order valence-electron chi connectivity index (χ0n) is 4.66. The zero-order valence-corrected chi connectivity index (χ0v) is 4.66. The second kappa shape index (κ2) is 2.33. The van der Waals surface area contributed by atoms with Crippen LogP contribution in [0.25, 0.3) is 0 Å². The summed E-state index contributed by atoms with van der Waals surface area (Å²) in [6, 6.07) is 3.37. The summed E-state index contributed by atoms with van der Waals surface area (Å²) in [5.74, 6) is 0.192. The van der Waals surface area contributed by atoms with E-state index in [0.717, 1.165) is 0 Å². The molecule has 0 saturated carbocycles. The molecule has 0 aliphatic rings. The van der Waals surface area contributed by atoms with Crippen molar-refractivity contribution < 1.29 is 9.52 Å². The van der Waals surface area contributed by atoms with Crippen LogP contribution >= 0.6 is 0 Å². The van der Waals surface area contributed by atoms with Gasteiger partial charge in [0.05, 0.1) is 12.9 Å². The number of hydrogen-bond donors (Lipinski definition) is 1. The maximum absolute atomic E-state index is 8.53. The van der Waals surface area contributed by atoms with Crippen LogP contribution in [0.4, 0.5) is 0 Å². The van der Waals surface area contributed by atoms with Gasteiger partial charge in [-0.15, -0.1) is 0 Å². The number of aliphatic hydroxyl groups is 1. The van der Waals surface area contributed by atoms with Gasteiger partial charge < -0.3 is 9.52 Å². The minimum Gasteiger partial charge on any atom is -0.453 e. The molecule has 1 rings (SSSR count). The van der Waals surface area contributed by atoms with Crippen molar-refractivity contribution in [3.8, 4) is 6.07 Å². The molecule has 0 bridgehead atoms. The minimum atomic E-state index is -0.139. The average molecular weight is 123 g/mol. The lowest BCUT2D eigenvalue weighted by molar-refractivity contribution is 0.280. The molecule has 0 radical (unpaired) electrons. The van der Waals surface area contributed by atoms with Crippen LogP contribution < -0.4 is 0 Å². The lowest BCUT2D eigenvalue weighted by Gasteiger charge is -1.83. The van der Waals surface area contributed by atoms with E-state index in [9.17, 15) is 0 Å². The highest BCUT2D eigenvalue weighted by Gasteiger charge is 2.01. The van der Waals surface area contributed by atoms with Gasteiger partial charge in [-0.3, -0.25) is 0 Å². The number of nitrogens with zero attached hydrogens (tertiary/aromatic N) is 1. The quantitative estimate of drug-likeness (QED) is 0.596. The van der Waals surface area contributed by atoms with Crippen LogP contribution in [0, 0.1) is 11.3 Å². The largest absolute Gasteiger partial charge is 0.453 e. The molecule has 0 unspecified atom stereocenters. The lowest BCUT2D eigenvalue weighted by atomic mass is 10.3. The fourth-order valence-electron chi connectivity index (χ4n) is 0.558. The van der Waals surface area contributed by atoms with E-state index in [0.29, 0.717) is 5.56 Å². The van der Waals surface area contributed by atoms with Crippen LogP contribution in [0.1, 0.15) is 11.3 Å². The second-order valence-electron chi connectivity index (χ2n) is 1.54. The number of aliphatic hydroxyl groups excluding tert-OH is 1. The van der Waals surface area contributed by atoms with E-state index in [-0.39, 0.29) is 12.4 Å². The topological polar surface area (TPSA) is 57.2 Å². The summed E-state index contributed by atoms with van der Waals surface area (Å²) in [5.41, 5.74) is 0.539. The Balaban J connectivity index is 3.02. The molecule has 0 aliphatic heterocycles. The highest BCUT2D eigenvalue weighted by molar-refractivity contribution is 5.26. The molecule has 3 nitrogen and oxygen atoms in total. The Morgan fingerprint density at radius 1 is 1.78 bits per heavy atom. The molecule has 0 aliphatic carbocycles. The monoisotopic (exact) mass is 123 g/mol. The smallest absolute Gasteiger partial charge is 0.208 e. The number of rotatable bonds is 1. The van der Waals surface area contributed by atoms with Gasteiger partial charge in [-0.25, -0.2) is 0 Å². The van der Waals surface area contributed by atoms with Crippen LogP contribution in [0.2, 0.25) is 0 Å². The first-order chi connectivity index (χ1) is 4.38. The fourth-order valence-corrected chi connectivity index (χ4v) is 0.558. The Kier molecular flexibility index (Phi) is 1.52. The van der Waals surface area contributed by atoms with Crippen LogP contribution in [-0.2, 0) is 6.61 Å². The third-order valence-electron chi connectivity index (χ3n) is 1.02. The van der Waals surface area contributed by atoms with Gasteiger partial charge in [-0.2, -0.15) is 5.26 Å². The molecule has 0 fully saturated rings. The van der Waals surface area contributed by atoms with Gasteiger partial charge in [0.15, 0.2) is 0 Å². The Morgan fingerprint density at radius 3 is 3.00 bits per heavy atom. The highest BCUT2D eigenvalue weighted by atomic mass is 16.3. The maximum atomic E-state index is 8.53. The van der Waals surface area contributed by atoms with Gasteiger partial charge in [-0.1, -0.05) is 0 Å². The van der Waals surface area contributed by atoms with E-state index in [2.05, 4.69) is 4.42 Å². The van der Waals surface area contributed by atoms with E-state index in [4.69, 9.17) is 10.4 Å². The molecule has 0 saturated heterocycles. The Hall–Kier alpha value is -1.27. The number of nitriles is 1. The van der Waals surface area contributed by atoms with Crippen molar-refractivity contribution in [3.05, 3.63) is 23.7 Å². The normalized spacial score (nSPS) is 8.89. The summed E-state index contributed by atoms with van der Waals surface area (Å²) in [4.78, 5) is 0. The molecule has 0 spiro atoms. The predicted molar refractivity (Wildman–Crippen MR) is 29.3 cm³/mol. The first-order valence-electron chi connectivity index (χ1n) is 2.46. The number of furan rings is 1. The van der Waals surface area contributed by atoms with E-state index < -0.39 is 0 Å². The standard InChI is InChI=1S/C6H5NO2/c7-3-6-5(4-8)1-2-9-6/h1-2,8H,4H2. The molecule has 46 valence electrons. The lowest BCUT2D eigenvalue weighted by Crippen LogP contribution is -1.80. The van der Waals surface area contributed by atoms with Crippen molar-refractivity contribution in [2.45, 2.75) is 6.61 Å². The van der Waals surface area contributed by atoms with E-state index in [1.54, 1.807) is 12.1 Å². The molecule has 1 aromatic rings. The van der Waals surface area contributed by atoms with Crippen molar-refractivity contribution in [3.63, 3.8) is 0 Å². The van der Waals surface area contributed by atoms with Gasteiger partial charge in [0.1, 0.15) is 6.07 Å². The molecular weight excluding hydrogens is 118 g/mol. The second-order valence-corrected chi connectivity index (χ2v) is 1.54. The summed E-state index contributed by atoms with van der Waals surface area (Å²) in [6.45, 7) is -0.139. The SMILES string of the molecule is N#Cc1occc1CO. The van der Waals surface area contributed by atoms with Crippen molar-refractivity contribution in [1.29, 1.82) is 5.26 Å². The molecule has 0 aromatic carbocycles. The van der Waals surface area contributed by atoms with Crippen LogP contribution in [0.15, 0.2) is 16.7 Å². The molecule has 0 atom stereocenters. The maximum Gasteiger partial charge on any atom is 0.208 e. The third-order valence-corrected chi connectivity index (χ3v) is 1.02. The first-order valence-corrected chi connectivity index (χ1v) is 2.46. The van der Waals surface area contributed by atoms with Crippen molar-refractivity contribution in [1.82, 2.24) is 0 Å². The first kappa shape index (κ1) is 5.86. The van der Waals surface area contributed by atoms with Gasteiger partial charge in [0.2, 0.25) is 5.76 Å².